The number of thioether (sulfide) groups is 1. The van der Waals surface area contributed by atoms with Gasteiger partial charge in [0.05, 0.1) is 5.75 Å². The number of anilines is 1. The van der Waals surface area contributed by atoms with E-state index in [1.807, 2.05) is 11.6 Å². The Labute approximate surface area is 118 Å². The van der Waals surface area contributed by atoms with Gasteiger partial charge < -0.3 is 10.0 Å². The van der Waals surface area contributed by atoms with Gasteiger partial charge in [-0.05, 0) is 19.8 Å². The van der Waals surface area contributed by atoms with Crippen molar-refractivity contribution in [2.75, 3.05) is 17.2 Å². The molecule has 7 heteroatoms. The number of rotatable bonds is 7. The second-order valence-corrected chi connectivity index (χ2v) is 6.11. The molecule has 0 saturated heterocycles. The lowest BCUT2D eigenvalue weighted by molar-refractivity contribution is -0.133. The summed E-state index contributed by atoms with van der Waals surface area (Å²) in [6, 6.07) is 0.322. The van der Waals surface area contributed by atoms with Gasteiger partial charge >= 0.3 is 5.97 Å². The summed E-state index contributed by atoms with van der Waals surface area (Å²) in [7, 11) is 1.87. The molecule has 1 rings (SSSR count). The van der Waals surface area contributed by atoms with E-state index in [1.165, 1.54) is 11.8 Å². The van der Waals surface area contributed by atoms with Crippen LogP contribution in [0.15, 0.2) is 5.16 Å². The summed E-state index contributed by atoms with van der Waals surface area (Å²) >= 11 is 1.19. The Morgan fingerprint density at radius 2 is 2.00 bits per heavy atom. The largest absolute Gasteiger partial charge is 0.481 e. The van der Waals surface area contributed by atoms with Crippen molar-refractivity contribution < 1.29 is 9.90 Å². The molecule has 0 saturated carbocycles. The SMILES string of the molecule is CC(C)CN(c1nnc(SCC(=O)O)n1C)C(C)C. The zero-order valence-corrected chi connectivity index (χ0v) is 12.9. The van der Waals surface area contributed by atoms with Gasteiger partial charge in [0.15, 0.2) is 5.16 Å². The Hall–Kier alpha value is -1.24. The summed E-state index contributed by atoms with van der Waals surface area (Å²) in [6.07, 6.45) is 0. The van der Waals surface area contributed by atoms with Gasteiger partial charge in [-0.25, -0.2) is 0 Å². The van der Waals surface area contributed by atoms with E-state index in [9.17, 15) is 4.79 Å². The molecule has 0 amide bonds. The standard InChI is InChI=1S/C12H22N4O2S/c1-8(2)6-16(9(3)4)11-13-14-12(15(11)5)19-7-10(17)18/h8-9H,6-7H2,1-5H3,(H,17,18). The topological polar surface area (TPSA) is 71.2 Å². The highest BCUT2D eigenvalue weighted by Crippen LogP contribution is 2.22. The predicted molar refractivity (Wildman–Crippen MR) is 76.7 cm³/mol. The highest BCUT2D eigenvalue weighted by Gasteiger charge is 2.19. The van der Waals surface area contributed by atoms with E-state index in [0.29, 0.717) is 17.1 Å². The van der Waals surface area contributed by atoms with Gasteiger partial charge in [-0.15, -0.1) is 10.2 Å². The first-order valence-corrected chi connectivity index (χ1v) is 7.32. The van der Waals surface area contributed by atoms with Crippen LogP contribution in [0.2, 0.25) is 0 Å². The van der Waals surface area contributed by atoms with E-state index >= 15 is 0 Å². The Kier molecular flexibility index (Phi) is 5.65. The maximum atomic E-state index is 10.6. The van der Waals surface area contributed by atoms with Crippen LogP contribution in [-0.2, 0) is 11.8 Å². The van der Waals surface area contributed by atoms with Crippen molar-refractivity contribution in [1.29, 1.82) is 0 Å². The summed E-state index contributed by atoms with van der Waals surface area (Å²) < 4.78 is 1.86. The van der Waals surface area contributed by atoms with E-state index in [4.69, 9.17) is 5.11 Å². The van der Waals surface area contributed by atoms with Gasteiger partial charge in [0.2, 0.25) is 5.95 Å². The molecule has 0 aromatic carbocycles. The van der Waals surface area contributed by atoms with Gasteiger partial charge in [-0.3, -0.25) is 9.36 Å². The molecular weight excluding hydrogens is 264 g/mol. The third-order valence-corrected chi connectivity index (χ3v) is 3.58. The van der Waals surface area contributed by atoms with Crippen molar-refractivity contribution in [2.45, 2.75) is 38.9 Å². The van der Waals surface area contributed by atoms with E-state index in [2.05, 4.69) is 42.8 Å². The van der Waals surface area contributed by atoms with Gasteiger partial charge in [-0.2, -0.15) is 0 Å². The van der Waals surface area contributed by atoms with E-state index in [0.717, 1.165) is 12.5 Å². The predicted octanol–water partition coefficient (Wildman–Crippen LogP) is 1.86. The van der Waals surface area contributed by atoms with Gasteiger partial charge in [0.25, 0.3) is 0 Å². The summed E-state index contributed by atoms with van der Waals surface area (Å²) in [5.41, 5.74) is 0. The summed E-state index contributed by atoms with van der Waals surface area (Å²) in [5, 5.41) is 17.6. The second-order valence-electron chi connectivity index (χ2n) is 5.16. The van der Waals surface area contributed by atoms with Crippen molar-refractivity contribution in [2.24, 2.45) is 13.0 Å². The Morgan fingerprint density at radius 1 is 1.37 bits per heavy atom. The smallest absolute Gasteiger partial charge is 0.313 e. The molecule has 6 nitrogen and oxygen atoms in total. The van der Waals surface area contributed by atoms with Crippen molar-refractivity contribution in [1.82, 2.24) is 14.8 Å². The fourth-order valence-corrected chi connectivity index (χ4v) is 2.35. The molecule has 0 atom stereocenters. The molecule has 1 N–H and O–H groups in total. The molecule has 1 aromatic rings. The van der Waals surface area contributed by atoms with Crippen LogP contribution in [0.3, 0.4) is 0 Å². The fourth-order valence-electron chi connectivity index (χ4n) is 1.73. The highest BCUT2D eigenvalue weighted by molar-refractivity contribution is 7.99. The molecule has 0 unspecified atom stereocenters. The van der Waals surface area contributed by atoms with Crippen molar-refractivity contribution in [3.8, 4) is 0 Å². The second kappa shape index (κ2) is 6.79. The van der Waals surface area contributed by atoms with Crippen LogP contribution >= 0.6 is 11.8 Å². The number of aromatic nitrogens is 3. The van der Waals surface area contributed by atoms with Crippen LogP contribution in [0.5, 0.6) is 0 Å². The summed E-state index contributed by atoms with van der Waals surface area (Å²) in [6.45, 7) is 9.44. The van der Waals surface area contributed by atoms with Crippen LogP contribution in [0.4, 0.5) is 5.95 Å². The number of hydrogen-bond donors (Lipinski definition) is 1. The lowest BCUT2D eigenvalue weighted by Crippen LogP contribution is -2.36. The summed E-state index contributed by atoms with van der Waals surface area (Å²) in [4.78, 5) is 12.8. The molecule has 0 spiro atoms. The van der Waals surface area contributed by atoms with Crippen LogP contribution < -0.4 is 4.90 Å². The molecule has 1 aromatic heterocycles. The monoisotopic (exact) mass is 286 g/mol. The molecule has 19 heavy (non-hydrogen) atoms. The van der Waals surface area contributed by atoms with Crippen LogP contribution in [-0.4, -0.2) is 44.2 Å². The third kappa shape index (κ3) is 4.41. The Bertz CT molecular complexity index is 431. The fraction of sp³-hybridized carbons (Fsp3) is 0.750. The highest BCUT2D eigenvalue weighted by atomic mass is 32.2. The van der Waals surface area contributed by atoms with Crippen molar-refractivity contribution >= 4 is 23.7 Å². The third-order valence-electron chi connectivity index (χ3n) is 2.58. The average Bonchev–Trinajstić information content (AvgIpc) is 2.64. The average molecular weight is 286 g/mol. The minimum absolute atomic E-state index is 0.00215. The molecule has 0 fully saturated rings. The van der Waals surface area contributed by atoms with Crippen LogP contribution in [0.25, 0.3) is 0 Å². The van der Waals surface area contributed by atoms with Gasteiger partial charge in [0.1, 0.15) is 0 Å². The quantitative estimate of drug-likeness (QED) is 0.771. The normalized spacial score (nSPS) is 11.3. The lowest BCUT2D eigenvalue weighted by atomic mass is 10.2. The Morgan fingerprint density at radius 3 is 2.47 bits per heavy atom. The first kappa shape index (κ1) is 15.8. The Balaban J connectivity index is 2.89. The molecule has 0 radical (unpaired) electrons. The molecule has 0 aliphatic carbocycles. The number of hydrogen-bond acceptors (Lipinski definition) is 5. The number of carbonyl (C=O) groups is 1. The first-order valence-electron chi connectivity index (χ1n) is 6.33. The van der Waals surface area contributed by atoms with E-state index in [1.54, 1.807) is 0 Å². The maximum absolute atomic E-state index is 10.6. The molecular formula is C12H22N4O2S. The maximum Gasteiger partial charge on any atom is 0.313 e. The van der Waals surface area contributed by atoms with Crippen molar-refractivity contribution in [3.05, 3.63) is 0 Å². The molecule has 0 bridgehead atoms. The minimum atomic E-state index is -0.850. The van der Waals surface area contributed by atoms with E-state index < -0.39 is 5.97 Å². The van der Waals surface area contributed by atoms with Gasteiger partial charge in [-0.1, -0.05) is 25.6 Å². The lowest BCUT2D eigenvalue weighted by Gasteiger charge is -2.28. The molecule has 0 aliphatic heterocycles. The molecule has 1 heterocycles. The zero-order chi connectivity index (χ0) is 14.6. The van der Waals surface area contributed by atoms with Crippen LogP contribution in [0, 0.1) is 5.92 Å². The van der Waals surface area contributed by atoms with Gasteiger partial charge in [0, 0.05) is 19.6 Å². The minimum Gasteiger partial charge on any atom is -0.481 e. The van der Waals surface area contributed by atoms with Crippen LogP contribution in [0.1, 0.15) is 27.7 Å². The number of carboxylic acid groups (broad SMARTS) is 1. The first-order chi connectivity index (χ1) is 8.82. The molecule has 0 aliphatic rings. The number of aliphatic carboxylic acids is 1. The number of nitrogens with zero attached hydrogens (tertiary/aromatic N) is 4. The zero-order valence-electron chi connectivity index (χ0n) is 12.1. The molecule has 108 valence electrons. The van der Waals surface area contributed by atoms with E-state index in [-0.39, 0.29) is 5.75 Å². The van der Waals surface area contributed by atoms with Crippen molar-refractivity contribution in [3.63, 3.8) is 0 Å². The number of carboxylic acids is 1. The summed E-state index contributed by atoms with van der Waals surface area (Å²) in [5.74, 6) is 0.459.